The topological polar surface area (TPSA) is 49.8 Å². The van der Waals surface area contributed by atoms with E-state index in [-0.39, 0.29) is 0 Å². The molecule has 3 aliphatic rings. The third kappa shape index (κ3) is 5.26. The van der Waals surface area contributed by atoms with E-state index in [2.05, 4.69) is 144 Å². The zero-order chi connectivity index (χ0) is 32.7. The monoisotopic (exact) mass is 632 g/mol. The summed E-state index contributed by atoms with van der Waals surface area (Å²) in [5.74, 6) is 0. The number of nitrogens with zero attached hydrogens (tertiary/aromatic N) is 2. The molecule has 0 bridgehead atoms. The van der Waals surface area contributed by atoms with Gasteiger partial charge in [-0.05, 0) is 82.2 Å². The van der Waals surface area contributed by atoms with Crippen molar-refractivity contribution in [3.8, 4) is 22.5 Å². The Labute approximate surface area is 286 Å². The molecule has 4 heteroatoms. The lowest BCUT2D eigenvalue weighted by Gasteiger charge is -2.30. The van der Waals surface area contributed by atoms with Crippen LogP contribution in [0.4, 0.5) is 0 Å². The van der Waals surface area contributed by atoms with Crippen molar-refractivity contribution in [1.29, 1.82) is 0 Å². The van der Waals surface area contributed by atoms with Crippen LogP contribution in [0.1, 0.15) is 24.8 Å². The molecule has 0 unspecified atom stereocenters. The van der Waals surface area contributed by atoms with Crippen LogP contribution >= 0.6 is 0 Å². The number of rotatable bonds is 5. The number of pyridine rings is 2. The number of hydrogen-bond donors (Lipinski definition) is 2. The van der Waals surface area contributed by atoms with Crippen LogP contribution in [0.3, 0.4) is 0 Å². The molecule has 4 aromatic carbocycles. The van der Waals surface area contributed by atoms with Crippen molar-refractivity contribution < 1.29 is 0 Å². The third-order valence-electron chi connectivity index (χ3n) is 10.0. The molecule has 2 aromatic heterocycles. The van der Waals surface area contributed by atoms with Gasteiger partial charge in [0, 0.05) is 35.5 Å². The van der Waals surface area contributed by atoms with Gasteiger partial charge in [0.25, 0.3) is 0 Å². The van der Waals surface area contributed by atoms with E-state index in [9.17, 15) is 0 Å². The van der Waals surface area contributed by atoms with Gasteiger partial charge in [-0.25, -0.2) is 9.97 Å². The van der Waals surface area contributed by atoms with Gasteiger partial charge in [-0.2, -0.15) is 0 Å². The van der Waals surface area contributed by atoms with Gasteiger partial charge < -0.3 is 10.6 Å². The molecule has 9 rings (SSSR count). The fraction of sp³-hybridized carbons (Fsp3) is 0.111. The average molecular weight is 633 g/mol. The molecule has 0 radical (unpaired) electrons. The molecule has 6 aromatic rings. The first kappa shape index (κ1) is 29.2. The van der Waals surface area contributed by atoms with E-state index in [4.69, 9.17) is 9.97 Å². The van der Waals surface area contributed by atoms with Gasteiger partial charge >= 0.3 is 0 Å². The lowest BCUT2D eigenvalue weighted by atomic mass is 9.81. The lowest BCUT2D eigenvalue weighted by Crippen LogP contribution is -2.29. The Morgan fingerprint density at radius 1 is 0.653 bits per heavy atom. The van der Waals surface area contributed by atoms with E-state index in [1.807, 2.05) is 13.1 Å². The largest absolute Gasteiger partial charge is 0.386 e. The van der Waals surface area contributed by atoms with Crippen molar-refractivity contribution in [1.82, 2.24) is 20.6 Å². The van der Waals surface area contributed by atoms with E-state index in [1.165, 1.54) is 50.0 Å². The summed E-state index contributed by atoms with van der Waals surface area (Å²) in [6.07, 6.45) is 16.3. The van der Waals surface area contributed by atoms with Gasteiger partial charge in [-0.15, -0.1) is 0 Å². The number of dihydropyridines is 1. The Morgan fingerprint density at radius 3 is 2.12 bits per heavy atom. The van der Waals surface area contributed by atoms with E-state index < -0.39 is 0 Å². The van der Waals surface area contributed by atoms with Crippen LogP contribution < -0.4 is 10.6 Å². The Balaban J connectivity index is 1.13. The molecule has 3 heterocycles. The summed E-state index contributed by atoms with van der Waals surface area (Å²) in [4.78, 5) is 10.3. The maximum absolute atomic E-state index is 5.22. The maximum Gasteiger partial charge on any atom is 0.0972 e. The van der Waals surface area contributed by atoms with Crippen molar-refractivity contribution in [2.75, 3.05) is 13.6 Å². The number of likely N-dealkylation sites (N-methyl/N-ethyl adjacent to an activating group) is 1. The Hall–Kier alpha value is -6.00. The zero-order valence-corrected chi connectivity index (χ0v) is 27.5. The predicted molar refractivity (Wildman–Crippen MR) is 205 cm³/mol. The molecule has 1 aliphatic heterocycles. The number of allylic oxidation sites excluding steroid dienone is 9. The van der Waals surface area contributed by atoms with Crippen molar-refractivity contribution in [3.63, 3.8) is 0 Å². The van der Waals surface area contributed by atoms with Crippen LogP contribution in [-0.4, -0.2) is 23.6 Å². The van der Waals surface area contributed by atoms with E-state index >= 15 is 0 Å². The smallest absolute Gasteiger partial charge is 0.0972 e. The summed E-state index contributed by atoms with van der Waals surface area (Å²) in [7, 11) is 2.05. The summed E-state index contributed by atoms with van der Waals surface area (Å²) in [5, 5.41) is 11.8. The molecule has 2 aliphatic carbocycles. The summed E-state index contributed by atoms with van der Waals surface area (Å²) in [6, 6.07) is 36.8. The van der Waals surface area contributed by atoms with Crippen LogP contribution in [0.5, 0.6) is 0 Å². The van der Waals surface area contributed by atoms with E-state index in [0.717, 1.165) is 70.1 Å². The van der Waals surface area contributed by atoms with Crippen molar-refractivity contribution in [3.05, 3.63) is 173 Å². The highest BCUT2D eigenvalue weighted by atomic mass is 15.0. The Bertz CT molecular complexity index is 2490. The second-order valence-corrected chi connectivity index (χ2v) is 12.9. The summed E-state index contributed by atoms with van der Waals surface area (Å²) < 4.78 is 0. The zero-order valence-electron chi connectivity index (χ0n) is 27.5. The summed E-state index contributed by atoms with van der Waals surface area (Å²) in [5.41, 5.74) is 15.1. The minimum atomic E-state index is 0.859. The SMILES string of the molecule is CNC1=C(/C(=C2/C=CC=CC2)c2ccc3cc(-c4ccc5ccc6ccc(-c7ccccc7)nc6c5n4)ccc3c2)CCC2=C1NCC=C2. The molecule has 236 valence electrons. The molecular formula is C45H36N4. The standard InChI is InChI=1S/C45H36N4/c1-46-45-38(23-20-31-13-8-26-47-42(31)45)41(30-11-6-3-7-12-30)37-19-17-34-27-36(18-16-35(34)28-37)40-25-22-33-15-14-32-21-24-39(29-9-4-2-5-10-29)48-43(32)44(33)49-40/h2-11,13-19,21-22,24-25,27-28,46-47H,12,20,23,26H2,1H3/b41-30-. The number of aromatic nitrogens is 2. The second kappa shape index (κ2) is 12.2. The molecule has 4 nitrogen and oxygen atoms in total. The van der Waals surface area contributed by atoms with Crippen LogP contribution in [-0.2, 0) is 0 Å². The van der Waals surface area contributed by atoms with Crippen LogP contribution in [0.25, 0.3) is 60.7 Å². The Morgan fingerprint density at radius 2 is 1.37 bits per heavy atom. The molecule has 0 saturated carbocycles. The average Bonchev–Trinajstić information content (AvgIpc) is 3.18. The predicted octanol–water partition coefficient (Wildman–Crippen LogP) is 10.2. The minimum absolute atomic E-state index is 0.859. The molecule has 0 atom stereocenters. The maximum atomic E-state index is 5.22. The van der Waals surface area contributed by atoms with Crippen LogP contribution in [0.15, 0.2) is 168 Å². The van der Waals surface area contributed by atoms with Gasteiger partial charge in [0.1, 0.15) is 0 Å². The second-order valence-electron chi connectivity index (χ2n) is 12.9. The first-order valence-electron chi connectivity index (χ1n) is 17.2. The fourth-order valence-electron chi connectivity index (χ4n) is 7.59. The fourth-order valence-corrected chi connectivity index (χ4v) is 7.59. The number of nitrogens with one attached hydrogen (secondary N) is 2. The highest BCUT2D eigenvalue weighted by Gasteiger charge is 2.26. The van der Waals surface area contributed by atoms with Gasteiger partial charge in [-0.1, -0.05) is 115 Å². The van der Waals surface area contributed by atoms with Gasteiger partial charge in [0.2, 0.25) is 0 Å². The van der Waals surface area contributed by atoms with Crippen molar-refractivity contribution in [2.45, 2.75) is 19.3 Å². The number of hydrogen-bond acceptors (Lipinski definition) is 4. The van der Waals surface area contributed by atoms with E-state index in [0.29, 0.717) is 0 Å². The molecule has 0 fully saturated rings. The summed E-state index contributed by atoms with van der Waals surface area (Å²) in [6.45, 7) is 0.859. The Kier molecular flexibility index (Phi) is 7.27. The highest BCUT2D eigenvalue weighted by Crippen LogP contribution is 2.41. The number of fused-ring (bicyclic) bond motifs is 4. The molecule has 0 spiro atoms. The van der Waals surface area contributed by atoms with Crippen LogP contribution in [0, 0.1) is 0 Å². The highest BCUT2D eigenvalue weighted by molar-refractivity contribution is 6.04. The van der Waals surface area contributed by atoms with Gasteiger partial charge in [0.05, 0.1) is 33.8 Å². The van der Waals surface area contributed by atoms with Crippen molar-refractivity contribution in [2.24, 2.45) is 0 Å². The normalized spacial score (nSPS) is 16.8. The molecule has 49 heavy (non-hydrogen) atoms. The van der Waals surface area contributed by atoms with Crippen molar-refractivity contribution >= 4 is 38.2 Å². The molecule has 0 saturated heterocycles. The van der Waals surface area contributed by atoms with Gasteiger partial charge in [-0.3, -0.25) is 0 Å². The molecule has 0 amide bonds. The first-order chi connectivity index (χ1) is 24.2. The molecular weight excluding hydrogens is 597 g/mol. The molecule has 2 N–H and O–H groups in total. The quantitative estimate of drug-likeness (QED) is 0.186. The first-order valence-corrected chi connectivity index (χ1v) is 17.2. The van der Waals surface area contributed by atoms with Gasteiger partial charge in [0.15, 0.2) is 0 Å². The lowest BCUT2D eigenvalue weighted by molar-refractivity contribution is 0.765. The minimum Gasteiger partial charge on any atom is -0.386 e. The van der Waals surface area contributed by atoms with E-state index in [1.54, 1.807) is 0 Å². The summed E-state index contributed by atoms with van der Waals surface area (Å²) >= 11 is 0. The van der Waals surface area contributed by atoms with Crippen LogP contribution in [0.2, 0.25) is 0 Å². The third-order valence-corrected chi connectivity index (χ3v) is 10.0. The number of benzene rings is 4.